The summed E-state index contributed by atoms with van der Waals surface area (Å²) in [7, 11) is 1.62. The normalized spacial score (nSPS) is 10.7. The molecule has 0 aliphatic heterocycles. The highest BCUT2D eigenvalue weighted by molar-refractivity contribution is 5.94. The van der Waals surface area contributed by atoms with Crippen LogP contribution in [0.25, 0.3) is 22.6 Å². The van der Waals surface area contributed by atoms with Crippen molar-refractivity contribution in [2.75, 3.05) is 7.11 Å². The monoisotopic (exact) mass is 419 g/mol. The van der Waals surface area contributed by atoms with Crippen LogP contribution in [0.4, 0.5) is 8.78 Å². The number of rotatable bonds is 6. The topological polar surface area (TPSA) is 67.0 Å². The van der Waals surface area contributed by atoms with Crippen LogP contribution < -0.4 is 10.1 Å². The molecule has 4 aromatic rings. The molecule has 0 aliphatic carbocycles. The minimum Gasteiger partial charge on any atom is -0.497 e. The fourth-order valence-electron chi connectivity index (χ4n) is 3.17. The molecular weight excluding hydrogens is 400 g/mol. The second-order valence-electron chi connectivity index (χ2n) is 6.85. The predicted octanol–water partition coefficient (Wildman–Crippen LogP) is 4.96. The molecule has 0 radical (unpaired) electrons. The molecule has 1 heterocycles. The maximum absolute atomic E-state index is 13.7. The van der Waals surface area contributed by atoms with Gasteiger partial charge in [-0.2, -0.15) is 0 Å². The number of hydrogen-bond acceptors (Lipinski definition) is 3. The number of nitrogens with zero attached hydrogens (tertiary/aromatic N) is 1. The molecule has 0 saturated heterocycles. The first kappa shape index (κ1) is 20.3. The molecule has 0 atom stereocenters. The Bertz CT molecular complexity index is 1200. The zero-order valence-electron chi connectivity index (χ0n) is 16.7. The van der Waals surface area contributed by atoms with E-state index >= 15 is 0 Å². The van der Waals surface area contributed by atoms with E-state index in [0.29, 0.717) is 5.82 Å². The minimum absolute atomic E-state index is 0.139. The number of nitrogens with one attached hydrogen (secondary N) is 2. The second-order valence-corrected chi connectivity index (χ2v) is 6.85. The molecular formula is C24H19F2N3O2. The summed E-state index contributed by atoms with van der Waals surface area (Å²) in [5.74, 6) is -1.12. The summed E-state index contributed by atoms with van der Waals surface area (Å²) in [5.41, 5.74) is 2.88. The summed E-state index contributed by atoms with van der Waals surface area (Å²) >= 11 is 0. The van der Waals surface area contributed by atoms with Gasteiger partial charge in [-0.1, -0.05) is 42.5 Å². The van der Waals surface area contributed by atoms with Crippen LogP contribution in [0.5, 0.6) is 5.75 Å². The number of benzene rings is 3. The van der Waals surface area contributed by atoms with Crippen molar-refractivity contribution in [3.63, 3.8) is 0 Å². The van der Waals surface area contributed by atoms with E-state index in [1.54, 1.807) is 13.3 Å². The second kappa shape index (κ2) is 8.79. The number of imidazole rings is 1. The largest absolute Gasteiger partial charge is 0.497 e. The van der Waals surface area contributed by atoms with Crippen LogP contribution in [0.1, 0.15) is 15.9 Å². The van der Waals surface area contributed by atoms with Gasteiger partial charge in [-0.3, -0.25) is 4.79 Å². The Morgan fingerprint density at radius 3 is 2.42 bits per heavy atom. The average molecular weight is 419 g/mol. The highest BCUT2D eigenvalue weighted by Gasteiger charge is 2.16. The Morgan fingerprint density at radius 2 is 1.71 bits per heavy atom. The summed E-state index contributed by atoms with van der Waals surface area (Å²) in [4.78, 5) is 19.8. The first-order chi connectivity index (χ1) is 15.0. The quantitative estimate of drug-likeness (QED) is 0.464. The molecule has 5 nitrogen and oxygen atoms in total. The maximum atomic E-state index is 13.7. The van der Waals surface area contributed by atoms with Gasteiger partial charge in [0.1, 0.15) is 28.8 Å². The number of carbonyl (C=O) groups is 1. The van der Waals surface area contributed by atoms with Crippen molar-refractivity contribution in [2.45, 2.75) is 6.54 Å². The zero-order valence-corrected chi connectivity index (χ0v) is 16.7. The summed E-state index contributed by atoms with van der Waals surface area (Å²) < 4.78 is 32.7. The number of hydrogen-bond donors (Lipinski definition) is 2. The molecule has 4 rings (SSSR count). The molecule has 2 N–H and O–H groups in total. The van der Waals surface area contributed by atoms with E-state index in [1.165, 1.54) is 6.07 Å². The Morgan fingerprint density at radius 1 is 1.00 bits per heavy atom. The van der Waals surface area contributed by atoms with Gasteiger partial charge in [-0.25, -0.2) is 13.8 Å². The molecule has 31 heavy (non-hydrogen) atoms. The molecule has 0 saturated carbocycles. The lowest BCUT2D eigenvalue weighted by molar-refractivity contribution is 0.0942. The molecule has 0 aliphatic rings. The number of aromatic nitrogens is 2. The molecule has 0 spiro atoms. The number of carbonyl (C=O) groups excluding carboxylic acids is 1. The van der Waals surface area contributed by atoms with Gasteiger partial charge in [-0.05, 0) is 29.8 Å². The lowest BCUT2D eigenvalue weighted by Crippen LogP contribution is -2.25. The van der Waals surface area contributed by atoms with E-state index in [9.17, 15) is 13.6 Å². The van der Waals surface area contributed by atoms with Crippen LogP contribution in [0.15, 0.2) is 72.9 Å². The van der Waals surface area contributed by atoms with E-state index in [4.69, 9.17) is 4.74 Å². The summed E-state index contributed by atoms with van der Waals surface area (Å²) in [6.45, 7) is 0.139. The molecule has 0 unspecified atom stereocenters. The summed E-state index contributed by atoms with van der Waals surface area (Å²) in [5, 5.41) is 2.54. The van der Waals surface area contributed by atoms with Gasteiger partial charge in [0.15, 0.2) is 0 Å². The smallest absolute Gasteiger partial charge is 0.257 e. The predicted molar refractivity (Wildman–Crippen MR) is 114 cm³/mol. The number of methoxy groups -OCH3 is 1. The van der Waals surface area contributed by atoms with Crippen molar-refractivity contribution in [2.24, 2.45) is 0 Å². The first-order valence-corrected chi connectivity index (χ1v) is 9.56. The standard InChI is InChI=1S/C24H19F2N3O2/c1-31-18-5-2-4-17(12-18)21-14-27-23(29-21)16-10-8-15(9-11-16)13-28-24(30)22-19(25)6-3-7-20(22)26/h2-12,14H,13H2,1H3,(H,27,29)(H,28,30). The lowest BCUT2D eigenvalue weighted by atomic mass is 10.1. The molecule has 1 amide bonds. The molecule has 3 aromatic carbocycles. The summed E-state index contributed by atoms with van der Waals surface area (Å²) in [6, 6.07) is 18.3. The third-order valence-corrected chi connectivity index (χ3v) is 4.83. The first-order valence-electron chi connectivity index (χ1n) is 9.56. The van der Waals surface area contributed by atoms with Gasteiger partial charge >= 0.3 is 0 Å². The lowest BCUT2D eigenvalue weighted by Gasteiger charge is -2.08. The Balaban J connectivity index is 1.44. The Hall–Kier alpha value is -4.00. The van der Waals surface area contributed by atoms with Crippen LogP contribution in [0, 0.1) is 11.6 Å². The third-order valence-electron chi connectivity index (χ3n) is 4.83. The van der Waals surface area contributed by atoms with Crippen LogP contribution in [0.3, 0.4) is 0 Å². The van der Waals surface area contributed by atoms with E-state index in [1.807, 2.05) is 48.5 Å². The van der Waals surface area contributed by atoms with Crippen molar-refractivity contribution in [1.29, 1.82) is 0 Å². The molecule has 0 fully saturated rings. The van der Waals surface area contributed by atoms with E-state index in [0.717, 1.165) is 40.3 Å². The Kier molecular flexibility index (Phi) is 5.75. The van der Waals surface area contributed by atoms with Crippen LogP contribution in [-0.2, 0) is 6.54 Å². The number of ether oxygens (including phenoxy) is 1. The van der Waals surface area contributed by atoms with Crippen molar-refractivity contribution in [1.82, 2.24) is 15.3 Å². The number of aromatic amines is 1. The highest BCUT2D eigenvalue weighted by Crippen LogP contribution is 2.25. The van der Waals surface area contributed by atoms with Gasteiger partial charge in [0.2, 0.25) is 0 Å². The van der Waals surface area contributed by atoms with Crippen LogP contribution in [-0.4, -0.2) is 23.0 Å². The number of amides is 1. The third kappa shape index (κ3) is 4.45. The summed E-state index contributed by atoms with van der Waals surface area (Å²) in [6.07, 6.45) is 1.75. The molecule has 1 aromatic heterocycles. The SMILES string of the molecule is COc1cccc(-c2cnc(-c3ccc(CNC(=O)c4c(F)cccc4F)cc3)[nH]2)c1. The fraction of sp³-hybridized carbons (Fsp3) is 0.0833. The maximum Gasteiger partial charge on any atom is 0.257 e. The van der Waals surface area contributed by atoms with Crippen molar-refractivity contribution < 1.29 is 18.3 Å². The van der Waals surface area contributed by atoms with Gasteiger partial charge in [0.25, 0.3) is 5.91 Å². The minimum atomic E-state index is -0.891. The molecule has 7 heteroatoms. The van der Waals surface area contributed by atoms with E-state index in [-0.39, 0.29) is 6.54 Å². The van der Waals surface area contributed by atoms with Crippen LogP contribution >= 0.6 is 0 Å². The average Bonchev–Trinajstić information content (AvgIpc) is 3.28. The van der Waals surface area contributed by atoms with E-state index in [2.05, 4.69) is 15.3 Å². The van der Waals surface area contributed by atoms with Crippen molar-refractivity contribution in [3.8, 4) is 28.4 Å². The van der Waals surface area contributed by atoms with Gasteiger partial charge in [0.05, 0.1) is 19.0 Å². The Labute approximate surface area is 177 Å². The van der Waals surface area contributed by atoms with Crippen molar-refractivity contribution in [3.05, 3.63) is 95.7 Å². The van der Waals surface area contributed by atoms with Gasteiger partial charge in [-0.15, -0.1) is 0 Å². The zero-order chi connectivity index (χ0) is 21.8. The molecule has 0 bridgehead atoms. The van der Waals surface area contributed by atoms with Crippen LogP contribution in [0.2, 0.25) is 0 Å². The van der Waals surface area contributed by atoms with Gasteiger partial charge < -0.3 is 15.0 Å². The number of halogens is 2. The van der Waals surface area contributed by atoms with Gasteiger partial charge in [0, 0.05) is 17.7 Å². The highest BCUT2D eigenvalue weighted by atomic mass is 19.1. The number of H-pyrrole nitrogens is 1. The van der Waals surface area contributed by atoms with Crippen molar-refractivity contribution >= 4 is 5.91 Å². The fourth-order valence-corrected chi connectivity index (χ4v) is 3.17. The van der Waals surface area contributed by atoms with E-state index < -0.39 is 23.1 Å². The molecule has 156 valence electrons.